The zero-order valence-electron chi connectivity index (χ0n) is 17.1. The van der Waals surface area contributed by atoms with Crippen molar-refractivity contribution in [3.05, 3.63) is 51.3 Å². The number of fused-ring (bicyclic) bond motifs is 1. The third kappa shape index (κ3) is 3.20. The highest BCUT2D eigenvalue weighted by molar-refractivity contribution is 6.35. The van der Waals surface area contributed by atoms with Crippen LogP contribution in [0.5, 0.6) is 0 Å². The summed E-state index contributed by atoms with van der Waals surface area (Å²) in [7, 11) is 1.62. The first-order chi connectivity index (χ1) is 14.2. The Morgan fingerprint density at radius 3 is 2.50 bits per heavy atom. The topological polar surface area (TPSA) is 73.8 Å². The van der Waals surface area contributed by atoms with Crippen LogP contribution in [0.3, 0.4) is 0 Å². The van der Waals surface area contributed by atoms with Gasteiger partial charge in [-0.05, 0) is 44.5 Å². The van der Waals surface area contributed by atoms with E-state index in [9.17, 15) is 9.59 Å². The standard InChI is InChI=1S/C20H21Cl2N6O2/c1-5-26-16-17(23-19(26)28-12(3)8-11(2)24-28)25(4)20(30)27(18(16)29)10-13-6-7-14(21)9-15(13)22/h6-9,16H,5,10H2,1-4H3/q+1. The summed E-state index contributed by atoms with van der Waals surface area (Å²) in [6, 6.07) is 5.77. The van der Waals surface area contributed by atoms with Crippen molar-refractivity contribution in [1.29, 1.82) is 0 Å². The van der Waals surface area contributed by atoms with E-state index in [-0.39, 0.29) is 12.5 Å². The zero-order valence-corrected chi connectivity index (χ0v) is 18.6. The van der Waals surface area contributed by atoms with Gasteiger partial charge in [-0.25, -0.2) is 9.37 Å². The lowest BCUT2D eigenvalue weighted by Crippen LogP contribution is -2.62. The lowest BCUT2D eigenvalue weighted by Gasteiger charge is -2.34. The first-order valence-electron chi connectivity index (χ1n) is 9.51. The number of rotatable bonds is 3. The first-order valence-corrected chi connectivity index (χ1v) is 10.3. The second-order valence-electron chi connectivity index (χ2n) is 7.30. The number of carbonyl (C=O) groups excluding carboxylic acids is 2. The molecule has 1 saturated heterocycles. The number of benzene rings is 1. The average Bonchev–Trinajstić information content (AvgIpc) is 3.24. The van der Waals surface area contributed by atoms with Crippen molar-refractivity contribution < 1.29 is 14.2 Å². The van der Waals surface area contributed by atoms with E-state index in [1.165, 1.54) is 9.80 Å². The summed E-state index contributed by atoms with van der Waals surface area (Å²) >= 11 is 12.2. The fourth-order valence-corrected chi connectivity index (χ4v) is 4.26. The van der Waals surface area contributed by atoms with Gasteiger partial charge in [0.25, 0.3) is 5.91 Å². The van der Waals surface area contributed by atoms with Crippen LogP contribution in [0, 0.1) is 13.8 Å². The number of nitrogens with zero attached hydrogens (tertiary/aromatic N) is 6. The smallest absolute Gasteiger partial charge is 0.270 e. The molecule has 0 aliphatic carbocycles. The predicted octanol–water partition coefficient (Wildman–Crippen LogP) is 2.92. The van der Waals surface area contributed by atoms with Gasteiger partial charge in [-0.2, -0.15) is 0 Å². The lowest BCUT2D eigenvalue weighted by molar-refractivity contribution is -0.534. The second-order valence-corrected chi connectivity index (χ2v) is 8.14. The highest BCUT2D eigenvalue weighted by Crippen LogP contribution is 2.26. The largest absolute Gasteiger partial charge is 0.421 e. The van der Waals surface area contributed by atoms with Crippen molar-refractivity contribution in [2.45, 2.75) is 33.4 Å². The average molecular weight is 448 g/mol. The number of carbonyl (C=O) groups is 2. The molecule has 8 nitrogen and oxygen atoms in total. The molecule has 1 aromatic carbocycles. The normalized spacial score (nSPS) is 19.0. The number of halogens is 2. The van der Waals surface area contributed by atoms with Crippen molar-refractivity contribution in [1.82, 2.24) is 19.6 Å². The summed E-state index contributed by atoms with van der Waals surface area (Å²) in [5.74, 6) is 0.580. The third-order valence-electron chi connectivity index (χ3n) is 5.27. The van der Waals surface area contributed by atoms with Crippen LogP contribution in [0.15, 0.2) is 29.3 Å². The van der Waals surface area contributed by atoms with Gasteiger partial charge in [0.15, 0.2) is 0 Å². The van der Waals surface area contributed by atoms with E-state index in [0.29, 0.717) is 33.9 Å². The third-order valence-corrected chi connectivity index (χ3v) is 5.86. The molecule has 2 aliphatic heterocycles. The molecule has 10 heteroatoms. The van der Waals surface area contributed by atoms with Crippen molar-refractivity contribution in [3.63, 3.8) is 0 Å². The van der Waals surface area contributed by atoms with E-state index < -0.39 is 12.1 Å². The highest BCUT2D eigenvalue weighted by atomic mass is 35.5. The highest BCUT2D eigenvalue weighted by Gasteiger charge is 2.52. The van der Waals surface area contributed by atoms with Gasteiger partial charge in [0, 0.05) is 17.1 Å². The lowest BCUT2D eigenvalue weighted by atomic mass is 10.1. The van der Waals surface area contributed by atoms with Crippen LogP contribution in [-0.4, -0.2) is 67.5 Å². The fourth-order valence-electron chi connectivity index (χ4n) is 3.80. The van der Waals surface area contributed by atoms with Crippen LogP contribution >= 0.6 is 23.2 Å². The minimum Gasteiger partial charge on any atom is -0.270 e. The van der Waals surface area contributed by atoms with Gasteiger partial charge in [0.2, 0.25) is 11.9 Å². The molecule has 0 radical (unpaired) electrons. The van der Waals surface area contributed by atoms with E-state index >= 15 is 0 Å². The molecule has 0 spiro atoms. The summed E-state index contributed by atoms with van der Waals surface area (Å²) in [5, 5.41) is 5.39. The van der Waals surface area contributed by atoms with Crippen LogP contribution in [0.4, 0.5) is 4.79 Å². The number of aryl methyl sites for hydroxylation is 2. The second kappa shape index (κ2) is 7.52. The van der Waals surface area contributed by atoms with Gasteiger partial charge in [-0.1, -0.05) is 34.3 Å². The molecular formula is C20H21Cl2N6O2+. The van der Waals surface area contributed by atoms with Crippen LogP contribution in [0.2, 0.25) is 10.0 Å². The molecule has 1 unspecified atom stereocenters. The summed E-state index contributed by atoms with van der Waals surface area (Å²) in [5.41, 5.74) is 2.39. The number of imide groups is 1. The molecular weight excluding hydrogens is 427 g/mol. The number of aromatic nitrogens is 2. The zero-order chi connectivity index (χ0) is 21.7. The van der Waals surface area contributed by atoms with Gasteiger partial charge >= 0.3 is 12.0 Å². The molecule has 1 aromatic heterocycles. The maximum Gasteiger partial charge on any atom is 0.421 e. The van der Waals surface area contributed by atoms with Gasteiger partial charge in [-0.15, -0.1) is 9.78 Å². The minimum absolute atomic E-state index is 0.0502. The number of amidine groups is 1. The molecule has 2 aromatic rings. The van der Waals surface area contributed by atoms with Crippen LogP contribution in [0.1, 0.15) is 23.9 Å². The summed E-state index contributed by atoms with van der Waals surface area (Å²) in [6.07, 6.45) is 0. The fraction of sp³-hybridized carbons (Fsp3) is 0.350. The molecule has 0 N–H and O–H groups in total. The molecule has 0 bridgehead atoms. The maximum atomic E-state index is 13.4. The summed E-state index contributed by atoms with van der Waals surface area (Å²) in [6.45, 7) is 6.33. The molecule has 156 valence electrons. The van der Waals surface area contributed by atoms with Crippen molar-refractivity contribution in [2.75, 3.05) is 13.6 Å². The number of likely N-dealkylation sites (N-methyl/N-ethyl adjacent to an activating group) is 2. The molecule has 30 heavy (non-hydrogen) atoms. The van der Waals surface area contributed by atoms with Crippen molar-refractivity contribution >= 4 is 46.9 Å². The van der Waals surface area contributed by atoms with Gasteiger partial charge in [0.05, 0.1) is 18.8 Å². The number of aliphatic imine (C=N–C) groups is 1. The van der Waals surface area contributed by atoms with E-state index in [1.54, 1.807) is 29.9 Å². The number of amides is 3. The van der Waals surface area contributed by atoms with Crippen molar-refractivity contribution in [2.24, 2.45) is 4.99 Å². The number of hydrogen-bond acceptors (Lipinski definition) is 4. The first kappa shape index (κ1) is 20.6. The van der Waals surface area contributed by atoms with Gasteiger partial charge in [-0.3, -0.25) is 14.6 Å². The molecule has 3 amide bonds. The number of hydrogen-bond donors (Lipinski definition) is 0. The summed E-state index contributed by atoms with van der Waals surface area (Å²) < 4.78 is 3.56. The van der Waals surface area contributed by atoms with Gasteiger partial charge in [0.1, 0.15) is 5.69 Å². The van der Waals surface area contributed by atoms with E-state index in [1.807, 2.05) is 31.4 Å². The van der Waals surface area contributed by atoms with Crippen LogP contribution < -0.4 is 0 Å². The van der Waals surface area contributed by atoms with E-state index in [2.05, 4.69) is 10.1 Å². The Morgan fingerprint density at radius 2 is 1.90 bits per heavy atom. The molecule has 0 saturated carbocycles. The monoisotopic (exact) mass is 447 g/mol. The quantitative estimate of drug-likeness (QED) is 0.678. The summed E-state index contributed by atoms with van der Waals surface area (Å²) in [4.78, 5) is 33.7. The Labute approximate surface area is 184 Å². The molecule has 3 heterocycles. The minimum atomic E-state index is -0.706. The SMILES string of the molecule is CC[N+]1=C(n2nc(C)cc2C)N=C2C1C(=O)N(Cc1ccc(Cl)cc1Cl)C(=O)N2C. The Morgan fingerprint density at radius 1 is 1.17 bits per heavy atom. The Kier molecular flexibility index (Phi) is 5.15. The predicted molar refractivity (Wildman–Crippen MR) is 114 cm³/mol. The molecule has 4 rings (SSSR count). The maximum absolute atomic E-state index is 13.4. The molecule has 2 aliphatic rings. The van der Waals surface area contributed by atoms with Crippen LogP contribution in [0.25, 0.3) is 0 Å². The van der Waals surface area contributed by atoms with Gasteiger partial charge < -0.3 is 0 Å². The Balaban J connectivity index is 1.75. The Hall–Kier alpha value is -2.71. The van der Waals surface area contributed by atoms with E-state index in [4.69, 9.17) is 23.2 Å². The van der Waals surface area contributed by atoms with E-state index in [0.717, 1.165) is 11.4 Å². The van der Waals surface area contributed by atoms with Crippen molar-refractivity contribution in [3.8, 4) is 0 Å². The number of urea groups is 1. The Bertz CT molecular complexity index is 1140. The molecule has 1 atom stereocenters. The molecule has 1 fully saturated rings. The van der Waals surface area contributed by atoms with Crippen LogP contribution in [-0.2, 0) is 11.3 Å².